The molecular weight excluding hydrogens is 389 g/mol. The van der Waals surface area contributed by atoms with Crippen molar-refractivity contribution in [1.29, 1.82) is 0 Å². The third-order valence-corrected chi connectivity index (χ3v) is 6.09. The van der Waals surface area contributed by atoms with Gasteiger partial charge < -0.3 is 10.6 Å². The topological polar surface area (TPSA) is 49.6 Å². The molecule has 0 saturated carbocycles. The minimum absolute atomic E-state index is 0.106. The van der Waals surface area contributed by atoms with E-state index in [0.29, 0.717) is 28.4 Å². The van der Waals surface area contributed by atoms with E-state index in [9.17, 15) is 9.18 Å². The summed E-state index contributed by atoms with van der Waals surface area (Å²) in [5.41, 5.74) is 7.94. The summed E-state index contributed by atoms with van der Waals surface area (Å²) in [7, 11) is 0. The molecule has 2 aliphatic rings. The third-order valence-electron chi connectivity index (χ3n) is 5.85. The van der Waals surface area contributed by atoms with Gasteiger partial charge in [0.05, 0.1) is 0 Å². The summed E-state index contributed by atoms with van der Waals surface area (Å²) in [4.78, 5) is 17.4. The predicted molar refractivity (Wildman–Crippen MR) is 114 cm³/mol. The number of likely N-dealkylation sites (tertiary alicyclic amines) is 1. The highest BCUT2D eigenvalue weighted by molar-refractivity contribution is 6.31. The van der Waals surface area contributed by atoms with Crippen LogP contribution >= 0.6 is 11.6 Å². The maximum Gasteiger partial charge on any atom is 0.189 e. The maximum absolute atomic E-state index is 13.2. The summed E-state index contributed by atoms with van der Waals surface area (Å²) in [5.74, 6) is -0.308. The number of piperidine rings is 1. The van der Waals surface area contributed by atoms with Crippen LogP contribution < -0.4 is 5.73 Å². The Bertz CT molecular complexity index is 901. The number of hydrogen-bond acceptors (Lipinski definition) is 4. The van der Waals surface area contributed by atoms with Crippen molar-refractivity contribution < 1.29 is 9.18 Å². The van der Waals surface area contributed by atoms with Crippen molar-refractivity contribution in [3.8, 4) is 0 Å². The number of piperazine rings is 1. The molecule has 0 aliphatic carbocycles. The van der Waals surface area contributed by atoms with E-state index in [0.717, 1.165) is 38.0 Å². The van der Waals surface area contributed by atoms with Gasteiger partial charge in [0, 0.05) is 60.3 Å². The largest absolute Gasteiger partial charge is 0.398 e. The number of benzene rings is 2. The average molecular weight is 414 g/mol. The second-order valence-corrected chi connectivity index (χ2v) is 8.35. The highest BCUT2D eigenvalue weighted by Gasteiger charge is 2.35. The number of nitrogen functional groups attached to an aromatic ring is 1. The van der Waals surface area contributed by atoms with E-state index in [4.69, 9.17) is 17.3 Å². The molecule has 2 saturated heterocycles. The Morgan fingerprint density at radius 1 is 1.14 bits per heavy atom. The first kappa shape index (κ1) is 19.9. The van der Waals surface area contributed by atoms with E-state index in [1.165, 1.54) is 18.6 Å². The van der Waals surface area contributed by atoms with Crippen LogP contribution in [-0.2, 0) is 6.54 Å². The standard InChI is InChI=1S/C23H25ClFN3O/c24-17-6-9-21(22(26)12-17)23(29)10-11-28-19-2-1-3-20(28)15-27(14-19)13-16-4-7-18(25)8-5-16/h4-12,19-20H,1-3,13-15,26H2/b11-10+. The zero-order valence-electron chi connectivity index (χ0n) is 16.2. The summed E-state index contributed by atoms with van der Waals surface area (Å²) in [6.45, 7) is 2.70. The van der Waals surface area contributed by atoms with Crippen molar-refractivity contribution in [3.63, 3.8) is 0 Å². The molecule has 4 rings (SSSR count). The Labute approximate surface area is 175 Å². The quantitative estimate of drug-likeness (QED) is 0.445. The Morgan fingerprint density at radius 2 is 1.83 bits per heavy atom. The van der Waals surface area contributed by atoms with Crippen LogP contribution in [-0.4, -0.2) is 40.8 Å². The van der Waals surface area contributed by atoms with Crippen LogP contribution in [0.5, 0.6) is 0 Å². The van der Waals surface area contributed by atoms with Crippen LogP contribution in [0.25, 0.3) is 0 Å². The number of fused-ring (bicyclic) bond motifs is 2. The molecule has 6 heteroatoms. The monoisotopic (exact) mass is 413 g/mol. The lowest BCUT2D eigenvalue weighted by atomic mass is 9.91. The van der Waals surface area contributed by atoms with Gasteiger partial charge in [-0.15, -0.1) is 0 Å². The fourth-order valence-electron chi connectivity index (χ4n) is 4.45. The molecule has 2 unspecified atom stereocenters. The van der Waals surface area contributed by atoms with Crippen molar-refractivity contribution in [2.75, 3.05) is 18.8 Å². The van der Waals surface area contributed by atoms with Crippen LogP contribution in [0, 0.1) is 5.82 Å². The lowest BCUT2D eigenvalue weighted by molar-refractivity contribution is 0.0214. The summed E-state index contributed by atoms with van der Waals surface area (Å²) in [6, 6.07) is 12.5. The minimum Gasteiger partial charge on any atom is -0.398 e. The number of nitrogens with zero attached hydrogens (tertiary/aromatic N) is 2. The molecule has 0 spiro atoms. The normalized spacial score (nSPS) is 22.2. The van der Waals surface area contributed by atoms with Crippen molar-refractivity contribution >= 4 is 23.1 Å². The molecule has 2 heterocycles. The van der Waals surface area contributed by atoms with Gasteiger partial charge >= 0.3 is 0 Å². The molecule has 29 heavy (non-hydrogen) atoms. The maximum atomic E-state index is 13.2. The van der Waals surface area contributed by atoms with E-state index in [1.807, 2.05) is 18.3 Å². The van der Waals surface area contributed by atoms with E-state index in [2.05, 4.69) is 9.80 Å². The van der Waals surface area contributed by atoms with Gasteiger partial charge in [-0.2, -0.15) is 0 Å². The second-order valence-electron chi connectivity index (χ2n) is 7.92. The number of carbonyl (C=O) groups is 1. The van der Waals surface area contributed by atoms with Crippen LogP contribution in [0.3, 0.4) is 0 Å². The molecule has 0 amide bonds. The average Bonchev–Trinajstić information content (AvgIpc) is 2.68. The van der Waals surface area contributed by atoms with Gasteiger partial charge in [-0.3, -0.25) is 9.69 Å². The van der Waals surface area contributed by atoms with Gasteiger partial charge in [0.2, 0.25) is 0 Å². The lowest BCUT2D eigenvalue weighted by Gasteiger charge is -2.50. The molecule has 2 aliphatic heterocycles. The van der Waals surface area contributed by atoms with Crippen LogP contribution in [0.1, 0.15) is 35.2 Å². The van der Waals surface area contributed by atoms with E-state index >= 15 is 0 Å². The molecule has 0 aromatic heterocycles. The first-order chi connectivity index (χ1) is 14.0. The van der Waals surface area contributed by atoms with E-state index < -0.39 is 0 Å². The minimum atomic E-state index is -0.202. The molecule has 2 N–H and O–H groups in total. The third kappa shape index (κ3) is 4.62. The first-order valence-electron chi connectivity index (χ1n) is 10.0. The molecular formula is C23H25ClFN3O. The van der Waals surface area contributed by atoms with E-state index in [-0.39, 0.29) is 11.6 Å². The number of rotatable bonds is 5. The fourth-order valence-corrected chi connectivity index (χ4v) is 4.63. The number of anilines is 1. The molecule has 2 aromatic carbocycles. The van der Waals surface area contributed by atoms with Gasteiger partial charge in [-0.25, -0.2) is 4.39 Å². The number of halogens is 2. The Kier molecular flexibility index (Phi) is 5.88. The van der Waals surface area contributed by atoms with Gasteiger partial charge in [0.25, 0.3) is 0 Å². The molecule has 4 nitrogen and oxygen atoms in total. The SMILES string of the molecule is Nc1cc(Cl)ccc1C(=O)/C=C/N1C2CCCC1CN(Cc1ccc(F)cc1)C2. The Balaban J connectivity index is 1.43. The Hall–Kier alpha value is -2.37. The number of ketones is 1. The number of allylic oxidation sites excluding steroid dienone is 1. The van der Waals surface area contributed by atoms with Crippen molar-refractivity contribution in [2.24, 2.45) is 0 Å². The van der Waals surface area contributed by atoms with Gasteiger partial charge in [-0.1, -0.05) is 23.7 Å². The van der Waals surface area contributed by atoms with Crippen molar-refractivity contribution in [3.05, 3.63) is 76.7 Å². The number of nitrogens with two attached hydrogens (primary N) is 1. The van der Waals surface area contributed by atoms with Crippen molar-refractivity contribution in [2.45, 2.75) is 37.9 Å². The summed E-state index contributed by atoms with van der Waals surface area (Å²) in [6.07, 6.45) is 7.00. The smallest absolute Gasteiger partial charge is 0.189 e. The van der Waals surface area contributed by atoms with Gasteiger partial charge in [0.1, 0.15) is 5.82 Å². The molecule has 152 valence electrons. The van der Waals surface area contributed by atoms with Crippen LogP contribution in [0.2, 0.25) is 5.02 Å². The van der Waals surface area contributed by atoms with Crippen LogP contribution in [0.4, 0.5) is 10.1 Å². The van der Waals surface area contributed by atoms with Gasteiger partial charge in [-0.05, 0) is 55.2 Å². The molecule has 0 radical (unpaired) electrons. The molecule has 2 bridgehead atoms. The first-order valence-corrected chi connectivity index (χ1v) is 10.4. The number of carbonyl (C=O) groups excluding carboxylic acids is 1. The highest BCUT2D eigenvalue weighted by Crippen LogP contribution is 2.30. The predicted octanol–water partition coefficient (Wildman–Crippen LogP) is 4.50. The number of hydrogen-bond donors (Lipinski definition) is 1. The molecule has 2 aromatic rings. The lowest BCUT2D eigenvalue weighted by Crippen LogP contribution is -2.58. The summed E-state index contributed by atoms with van der Waals surface area (Å²) in [5, 5.41) is 0.523. The zero-order chi connectivity index (χ0) is 20.4. The van der Waals surface area contributed by atoms with Gasteiger partial charge in [0.15, 0.2) is 5.78 Å². The van der Waals surface area contributed by atoms with Crippen molar-refractivity contribution in [1.82, 2.24) is 9.80 Å². The summed E-state index contributed by atoms with van der Waals surface area (Å²) < 4.78 is 13.2. The van der Waals surface area contributed by atoms with Crippen LogP contribution in [0.15, 0.2) is 54.7 Å². The van der Waals surface area contributed by atoms with E-state index in [1.54, 1.807) is 24.3 Å². The Morgan fingerprint density at radius 3 is 2.48 bits per heavy atom. The summed E-state index contributed by atoms with van der Waals surface area (Å²) >= 11 is 5.92. The fraction of sp³-hybridized carbons (Fsp3) is 0.348. The highest BCUT2D eigenvalue weighted by atomic mass is 35.5. The second kappa shape index (κ2) is 8.56. The zero-order valence-corrected chi connectivity index (χ0v) is 17.0. The molecule has 2 atom stereocenters. The molecule has 2 fully saturated rings.